The zero-order chi connectivity index (χ0) is 23.7. The van der Waals surface area contributed by atoms with Crippen LogP contribution in [0.25, 0.3) is 11.1 Å². The maximum atomic E-state index is 13.3. The molecule has 0 aromatic heterocycles. The summed E-state index contributed by atoms with van der Waals surface area (Å²) in [5.41, 5.74) is 4.31. The van der Waals surface area contributed by atoms with Crippen LogP contribution in [0.5, 0.6) is 17.2 Å². The first kappa shape index (κ1) is 21.8. The molecule has 1 N–H and O–H groups in total. The van der Waals surface area contributed by atoms with Gasteiger partial charge in [-0.2, -0.15) is 0 Å². The largest absolute Gasteiger partial charge is 0.497 e. The fraction of sp³-hybridized carbons (Fsp3) is 0.259. The van der Waals surface area contributed by atoms with Crippen molar-refractivity contribution in [2.45, 2.75) is 19.0 Å². The van der Waals surface area contributed by atoms with Gasteiger partial charge >= 0.3 is 0 Å². The quantitative estimate of drug-likeness (QED) is 0.626. The highest BCUT2D eigenvalue weighted by Gasteiger charge is 2.32. The van der Waals surface area contributed by atoms with E-state index in [1.165, 1.54) is 0 Å². The number of hydrogen-bond donors (Lipinski definition) is 1. The van der Waals surface area contributed by atoms with Crippen LogP contribution in [0.2, 0.25) is 0 Å². The van der Waals surface area contributed by atoms with Gasteiger partial charge in [0, 0.05) is 17.7 Å². The van der Waals surface area contributed by atoms with Crippen LogP contribution in [0.3, 0.4) is 0 Å². The number of methoxy groups -OCH3 is 2. The van der Waals surface area contributed by atoms with Crippen molar-refractivity contribution >= 4 is 11.8 Å². The maximum Gasteiger partial charge on any atom is 0.252 e. The number of ether oxygens (including phenoxy) is 3. The Labute approximate surface area is 198 Å². The van der Waals surface area contributed by atoms with Gasteiger partial charge < -0.3 is 24.4 Å². The van der Waals surface area contributed by atoms with Gasteiger partial charge in [-0.1, -0.05) is 30.3 Å². The van der Waals surface area contributed by atoms with Crippen molar-refractivity contribution in [3.63, 3.8) is 0 Å². The van der Waals surface area contributed by atoms with Crippen LogP contribution in [0, 0.1) is 0 Å². The summed E-state index contributed by atoms with van der Waals surface area (Å²) >= 11 is 0. The summed E-state index contributed by atoms with van der Waals surface area (Å²) in [5, 5.41) is 2.93. The summed E-state index contributed by atoms with van der Waals surface area (Å²) in [5.74, 6) is 1.87. The van der Waals surface area contributed by atoms with E-state index in [2.05, 4.69) is 5.32 Å². The molecule has 2 heterocycles. The van der Waals surface area contributed by atoms with Crippen molar-refractivity contribution in [3.05, 3.63) is 77.4 Å². The smallest absolute Gasteiger partial charge is 0.252 e. The van der Waals surface area contributed by atoms with Crippen molar-refractivity contribution in [2.75, 3.05) is 27.4 Å². The minimum absolute atomic E-state index is 0.0378. The maximum absolute atomic E-state index is 13.3. The van der Waals surface area contributed by atoms with Crippen molar-refractivity contribution in [1.29, 1.82) is 0 Å². The summed E-state index contributed by atoms with van der Waals surface area (Å²) in [6.45, 7) is 1.21. The van der Waals surface area contributed by atoms with Gasteiger partial charge in [-0.25, -0.2) is 0 Å². The minimum atomic E-state index is -0.322. The van der Waals surface area contributed by atoms with Crippen LogP contribution in [0.4, 0.5) is 0 Å². The minimum Gasteiger partial charge on any atom is -0.497 e. The molecule has 3 aromatic rings. The number of nitrogens with one attached hydrogen (secondary N) is 1. The predicted octanol–water partition coefficient (Wildman–Crippen LogP) is 3.97. The molecule has 1 atom stereocenters. The molecule has 2 aliphatic rings. The normalized spacial score (nSPS) is 16.6. The summed E-state index contributed by atoms with van der Waals surface area (Å²) < 4.78 is 17.0. The summed E-state index contributed by atoms with van der Waals surface area (Å²) in [7, 11) is 3.25. The van der Waals surface area contributed by atoms with E-state index < -0.39 is 0 Å². The van der Waals surface area contributed by atoms with Gasteiger partial charge in [-0.15, -0.1) is 0 Å². The zero-order valence-electron chi connectivity index (χ0n) is 19.2. The lowest BCUT2D eigenvalue weighted by Crippen LogP contribution is -2.35. The Hall–Kier alpha value is -4.00. The standard InChI is InChI=1S/C27H26N2O5/c1-32-20-7-5-6-17(13-20)18-12-19-16-29(10-11-34-26(19)24(14-18)33-2)25(30)15-23-21-8-3-4-9-22(21)27(31)28-23/h3-9,12-14,23H,10-11,15-16H2,1-2H3,(H,28,31)/t23-/m1/s1. The molecule has 7 nitrogen and oxygen atoms in total. The van der Waals surface area contributed by atoms with Gasteiger partial charge in [0.05, 0.1) is 33.2 Å². The number of carbonyl (C=O) groups is 2. The third kappa shape index (κ3) is 4.05. The predicted molar refractivity (Wildman–Crippen MR) is 127 cm³/mol. The molecule has 34 heavy (non-hydrogen) atoms. The van der Waals surface area contributed by atoms with Crippen molar-refractivity contribution in [3.8, 4) is 28.4 Å². The molecule has 5 rings (SSSR count). The van der Waals surface area contributed by atoms with Gasteiger partial charge in [0.2, 0.25) is 5.91 Å². The molecule has 0 radical (unpaired) electrons. The van der Waals surface area contributed by atoms with E-state index in [0.717, 1.165) is 28.0 Å². The number of hydrogen-bond acceptors (Lipinski definition) is 5. The van der Waals surface area contributed by atoms with E-state index >= 15 is 0 Å². The van der Waals surface area contributed by atoms with Gasteiger partial charge in [-0.05, 0) is 47.0 Å². The lowest BCUT2D eigenvalue weighted by molar-refractivity contribution is -0.132. The number of fused-ring (bicyclic) bond motifs is 2. The first-order valence-corrected chi connectivity index (χ1v) is 11.2. The second-order valence-corrected chi connectivity index (χ2v) is 8.38. The van der Waals surface area contributed by atoms with E-state index in [9.17, 15) is 9.59 Å². The van der Waals surface area contributed by atoms with Crippen LogP contribution in [-0.4, -0.2) is 44.1 Å². The number of rotatable bonds is 5. The van der Waals surface area contributed by atoms with Crippen molar-refractivity contribution < 1.29 is 23.8 Å². The average Bonchev–Trinajstić information content (AvgIpc) is 3.04. The molecule has 7 heteroatoms. The molecule has 174 valence electrons. The van der Waals surface area contributed by atoms with Crippen LogP contribution >= 0.6 is 0 Å². The topological polar surface area (TPSA) is 77.1 Å². The van der Waals surface area contributed by atoms with E-state index in [1.807, 2.05) is 54.6 Å². The van der Waals surface area contributed by atoms with Crippen molar-refractivity contribution in [2.24, 2.45) is 0 Å². The molecule has 3 aromatic carbocycles. The van der Waals surface area contributed by atoms with E-state index in [0.29, 0.717) is 36.8 Å². The Morgan fingerprint density at radius 3 is 2.74 bits per heavy atom. The molecule has 0 bridgehead atoms. The monoisotopic (exact) mass is 458 g/mol. The van der Waals surface area contributed by atoms with E-state index in [1.54, 1.807) is 25.2 Å². The van der Waals surface area contributed by atoms with Crippen LogP contribution in [0.15, 0.2) is 60.7 Å². The van der Waals surface area contributed by atoms with E-state index in [4.69, 9.17) is 14.2 Å². The van der Waals surface area contributed by atoms with E-state index in [-0.39, 0.29) is 24.3 Å². The number of benzene rings is 3. The number of amides is 2. The highest BCUT2D eigenvalue weighted by Crippen LogP contribution is 2.39. The molecule has 0 saturated carbocycles. The molecule has 0 spiro atoms. The fourth-order valence-electron chi connectivity index (χ4n) is 4.60. The molecular weight excluding hydrogens is 432 g/mol. The first-order valence-electron chi connectivity index (χ1n) is 11.2. The third-order valence-electron chi connectivity index (χ3n) is 6.34. The first-order chi connectivity index (χ1) is 16.6. The molecule has 0 unspecified atom stereocenters. The zero-order valence-corrected chi connectivity index (χ0v) is 19.2. The second kappa shape index (κ2) is 9.09. The SMILES string of the molecule is COc1cccc(-c2cc3c(c(OC)c2)OCCN(C(=O)C[C@H]2NC(=O)c4ccccc42)C3)c1. The second-order valence-electron chi connectivity index (χ2n) is 8.38. The van der Waals surface area contributed by atoms with Crippen LogP contribution in [0.1, 0.15) is 33.9 Å². The average molecular weight is 459 g/mol. The summed E-state index contributed by atoms with van der Waals surface area (Å²) in [6.07, 6.45) is 0.199. The van der Waals surface area contributed by atoms with Crippen LogP contribution in [-0.2, 0) is 11.3 Å². The Morgan fingerprint density at radius 1 is 1.06 bits per heavy atom. The molecular formula is C27H26N2O5. The number of nitrogens with zero attached hydrogens (tertiary/aromatic N) is 1. The van der Waals surface area contributed by atoms with Gasteiger partial charge in [-0.3, -0.25) is 9.59 Å². The molecule has 2 amide bonds. The number of carbonyl (C=O) groups excluding carboxylic acids is 2. The van der Waals surface area contributed by atoms with Crippen LogP contribution < -0.4 is 19.5 Å². The molecule has 0 aliphatic carbocycles. The van der Waals surface area contributed by atoms with Gasteiger partial charge in [0.1, 0.15) is 12.4 Å². The Kier molecular flexibility index (Phi) is 5.84. The Bertz CT molecular complexity index is 1260. The fourth-order valence-corrected chi connectivity index (χ4v) is 4.60. The Morgan fingerprint density at radius 2 is 1.91 bits per heavy atom. The molecule has 2 aliphatic heterocycles. The molecule has 0 saturated heterocycles. The lowest BCUT2D eigenvalue weighted by Gasteiger charge is -2.22. The highest BCUT2D eigenvalue weighted by molar-refractivity contribution is 5.99. The third-order valence-corrected chi connectivity index (χ3v) is 6.34. The highest BCUT2D eigenvalue weighted by atomic mass is 16.5. The molecule has 0 fully saturated rings. The Balaban J connectivity index is 1.41. The summed E-state index contributed by atoms with van der Waals surface area (Å²) in [4.78, 5) is 27.3. The summed E-state index contributed by atoms with van der Waals surface area (Å²) in [6, 6.07) is 18.9. The van der Waals surface area contributed by atoms with Gasteiger partial charge in [0.15, 0.2) is 11.5 Å². The van der Waals surface area contributed by atoms with Crippen molar-refractivity contribution in [1.82, 2.24) is 10.2 Å². The van der Waals surface area contributed by atoms with Gasteiger partial charge in [0.25, 0.3) is 5.91 Å². The lowest BCUT2D eigenvalue weighted by atomic mass is 10.0.